The molecular weight excluding hydrogens is 368 g/mol. The van der Waals surface area contributed by atoms with E-state index in [1.165, 1.54) is 13.2 Å². The Labute approximate surface area is 158 Å². The van der Waals surface area contributed by atoms with Crippen LogP contribution < -0.4 is 14.8 Å². The Morgan fingerprint density at radius 1 is 1.22 bits per heavy atom. The molecule has 0 spiro atoms. The molecular formula is C19H22N2O5S. The Hall–Kier alpha value is -2.58. The van der Waals surface area contributed by atoms with E-state index < -0.39 is 16.1 Å². The number of carbonyl (C=O) groups is 1. The number of amides is 1. The molecule has 0 aromatic heterocycles. The number of hydrogen-bond donors (Lipinski definition) is 2. The van der Waals surface area contributed by atoms with Gasteiger partial charge in [-0.05, 0) is 49.6 Å². The summed E-state index contributed by atoms with van der Waals surface area (Å²) in [5.74, 6) is 0.152. The zero-order valence-corrected chi connectivity index (χ0v) is 16.0. The normalized spacial score (nSPS) is 16.7. The Morgan fingerprint density at radius 3 is 2.70 bits per heavy atom. The Balaban J connectivity index is 1.85. The molecule has 1 atom stereocenters. The third-order valence-electron chi connectivity index (χ3n) is 4.32. The molecule has 1 aliphatic rings. The predicted octanol–water partition coefficient (Wildman–Crippen LogP) is 2.92. The van der Waals surface area contributed by atoms with E-state index in [1.807, 2.05) is 0 Å². The van der Waals surface area contributed by atoms with Gasteiger partial charge in [-0.25, -0.2) is 8.42 Å². The molecule has 1 fully saturated rings. The van der Waals surface area contributed by atoms with Gasteiger partial charge < -0.3 is 14.8 Å². The summed E-state index contributed by atoms with van der Waals surface area (Å²) in [6.07, 6.45) is 1.02. The molecule has 2 aromatic carbocycles. The third-order valence-corrected chi connectivity index (χ3v) is 5.83. The number of methoxy groups -OCH3 is 1. The fraction of sp³-hybridized carbons (Fsp3) is 0.316. The average Bonchev–Trinajstić information content (AvgIpc) is 3.18. The zero-order chi connectivity index (χ0) is 19.4. The van der Waals surface area contributed by atoms with E-state index in [0.717, 1.165) is 6.42 Å². The van der Waals surface area contributed by atoms with Gasteiger partial charge >= 0.3 is 0 Å². The van der Waals surface area contributed by atoms with Gasteiger partial charge in [0.05, 0.1) is 17.7 Å². The number of rotatable bonds is 6. The molecule has 1 saturated heterocycles. The molecule has 2 aromatic rings. The topological polar surface area (TPSA) is 93.7 Å². The van der Waals surface area contributed by atoms with E-state index in [-0.39, 0.29) is 10.8 Å². The highest BCUT2D eigenvalue weighted by Gasteiger charge is 2.24. The number of carbonyl (C=O) groups excluding carboxylic acids is 1. The van der Waals surface area contributed by atoms with Crippen molar-refractivity contribution in [1.29, 1.82) is 0 Å². The molecule has 8 heteroatoms. The van der Waals surface area contributed by atoms with E-state index in [2.05, 4.69) is 10.0 Å². The lowest BCUT2D eigenvalue weighted by molar-refractivity contribution is -0.124. The number of hydrogen-bond acceptors (Lipinski definition) is 5. The van der Waals surface area contributed by atoms with Crippen molar-refractivity contribution in [3.8, 4) is 5.75 Å². The second-order valence-corrected chi connectivity index (χ2v) is 7.93. The first-order valence-corrected chi connectivity index (χ1v) is 10.1. The maximum Gasteiger partial charge on any atom is 0.262 e. The molecule has 1 amide bonds. The molecule has 1 aliphatic heterocycles. The van der Waals surface area contributed by atoms with Crippen LogP contribution in [0.3, 0.4) is 0 Å². The lowest BCUT2D eigenvalue weighted by Crippen LogP contribution is -2.27. The number of aryl methyl sites for hydroxylation is 1. The van der Waals surface area contributed by atoms with Crippen LogP contribution in [-0.4, -0.2) is 34.1 Å². The standard InChI is InChI=1S/C19H22N2O5S/c1-13-9-10-14(20-19(22)17-8-5-11-26-17)12-18(13)27(23,24)21-15-6-3-4-7-16(15)25-2/h3-4,6-7,9-10,12,17,21H,5,8,11H2,1-2H3,(H,20,22)/t17-/m0/s1. The van der Waals surface area contributed by atoms with Gasteiger partial charge in [-0.1, -0.05) is 18.2 Å². The number of para-hydroxylation sites is 2. The number of anilines is 2. The van der Waals surface area contributed by atoms with E-state index in [4.69, 9.17) is 9.47 Å². The first-order chi connectivity index (χ1) is 12.9. The molecule has 1 heterocycles. The van der Waals surface area contributed by atoms with E-state index in [9.17, 15) is 13.2 Å². The van der Waals surface area contributed by atoms with Gasteiger partial charge in [0.25, 0.3) is 15.9 Å². The molecule has 2 N–H and O–H groups in total. The van der Waals surface area contributed by atoms with Crippen molar-refractivity contribution in [2.45, 2.75) is 30.8 Å². The van der Waals surface area contributed by atoms with Crippen LogP contribution in [0.4, 0.5) is 11.4 Å². The lowest BCUT2D eigenvalue weighted by Gasteiger charge is -2.15. The summed E-state index contributed by atoms with van der Waals surface area (Å²) >= 11 is 0. The summed E-state index contributed by atoms with van der Waals surface area (Å²) in [6, 6.07) is 11.5. The number of nitrogens with one attached hydrogen (secondary N) is 2. The largest absolute Gasteiger partial charge is 0.495 e. The van der Waals surface area contributed by atoms with Gasteiger partial charge in [-0.2, -0.15) is 0 Å². The first kappa shape index (κ1) is 19.2. The molecule has 7 nitrogen and oxygen atoms in total. The van der Waals surface area contributed by atoms with Gasteiger partial charge in [-0.3, -0.25) is 9.52 Å². The summed E-state index contributed by atoms with van der Waals surface area (Å²) in [7, 11) is -2.39. The highest BCUT2D eigenvalue weighted by atomic mass is 32.2. The van der Waals surface area contributed by atoms with Gasteiger partial charge in [0.1, 0.15) is 11.9 Å². The van der Waals surface area contributed by atoms with Crippen LogP contribution in [0.1, 0.15) is 18.4 Å². The molecule has 144 valence electrons. The third kappa shape index (κ3) is 4.40. The maximum atomic E-state index is 12.9. The molecule has 0 unspecified atom stereocenters. The molecule has 27 heavy (non-hydrogen) atoms. The second-order valence-electron chi connectivity index (χ2n) is 6.28. The van der Waals surface area contributed by atoms with Crippen molar-refractivity contribution in [1.82, 2.24) is 0 Å². The fourth-order valence-corrected chi connectivity index (χ4v) is 4.25. The van der Waals surface area contributed by atoms with Crippen LogP contribution in [0.2, 0.25) is 0 Å². The monoisotopic (exact) mass is 390 g/mol. The van der Waals surface area contributed by atoms with Gasteiger partial charge in [0.15, 0.2) is 0 Å². The van der Waals surface area contributed by atoms with E-state index >= 15 is 0 Å². The predicted molar refractivity (Wildman–Crippen MR) is 103 cm³/mol. The van der Waals surface area contributed by atoms with Crippen molar-refractivity contribution in [3.63, 3.8) is 0 Å². The van der Waals surface area contributed by atoms with E-state index in [1.54, 1.807) is 43.3 Å². The lowest BCUT2D eigenvalue weighted by atomic mass is 10.2. The van der Waals surface area contributed by atoms with Crippen molar-refractivity contribution in [3.05, 3.63) is 48.0 Å². The summed E-state index contributed by atoms with van der Waals surface area (Å²) in [5, 5.41) is 2.73. The summed E-state index contributed by atoms with van der Waals surface area (Å²) in [5.41, 5.74) is 1.31. The molecule has 0 aliphatic carbocycles. The van der Waals surface area contributed by atoms with Crippen LogP contribution in [-0.2, 0) is 19.6 Å². The van der Waals surface area contributed by atoms with Crippen LogP contribution in [0.15, 0.2) is 47.4 Å². The zero-order valence-electron chi connectivity index (χ0n) is 15.2. The SMILES string of the molecule is COc1ccccc1NS(=O)(=O)c1cc(NC(=O)[C@@H]2CCCO2)ccc1C. The molecule has 0 radical (unpaired) electrons. The summed E-state index contributed by atoms with van der Waals surface area (Å²) in [4.78, 5) is 12.3. The first-order valence-electron chi connectivity index (χ1n) is 8.59. The van der Waals surface area contributed by atoms with Crippen LogP contribution in [0.5, 0.6) is 5.75 Å². The maximum absolute atomic E-state index is 12.9. The minimum absolute atomic E-state index is 0.0820. The Bertz CT molecular complexity index is 937. The Morgan fingerprint density at radius 2 is 2.00 bits per heavy atom. The van der Waals surface area contributed by atoms with Crippen LogP contribution >= 0.6 is 0 Å². The Kier molecular flexibility index (Phi) is 5.67. The summed E-state index contributed by atoms with van der Waals surface area (Å²) in [6.45, 7) is 2.26. The van der Waals surface area contributed by atoms with Gasteiger partial charge in [0.2, 0.25) is 0 Å². The van der Waals surface area contributed by atoms with Crippen molar-refractivity contribution >= 4 is 27.3 Å². The van der Waals surface area contributed by atoms with Crippen LogP contribution in [0, 0.1) is 6.92 Å². The number of benzene rings is 2. The minimum Gasteiger partial charge on any atom is -0.495 e. The van der Waals surface area contributed by atoms with Crippen molar-refractivity contribution in [2.75, 3.05) is 23.8 Å². The number of ether oxygens (including phenoxy) is 2. The smallest absolute Gasteiger partial charge is 0.262 e. The fourth-order valence-electron chi connectivity index (χ4n) is 2.90. The van der Waals surface area contributed by atoms with Gasteiger partial charge in [0, 0.05) is 12.3 Å². The number of sulfonamides is 1. The van der Waals surface area contributed by atoms with Crippen molar-refractivity contribution in [2.24, 2.45) is 0 Å². The minimum atomic E-state index is -3.87. The molecule has 0 bridgehead atoms. The summed E-state index contributed by atoms with van der Waals surface area (Å²) < 4.78 is 38.9. The van der Waals surface area contributed by atoms with Crippen molar-refractivity contribution < 1.29 is 22.7 Å². The highest BCUT2D eigenvalue weighted by Crippen LogP contribution is 2.28. The molecule has 3 rings (SSSR count). The molecule has 0 saturated carbocycles. The van der Waals surface area contributed by atoms with Gasteiger partial charge in [-0.15, -0.1) is 0 Å². The average molecular weight is 390 g/mol. The van der Waals surface area contributed by atoms with Crippen LogP contribution in [0.25, 0.3) is 0 Å². The highest BCUT2D eigenvalue weighted by molar-refractivity contribution is 7.92. The van der Waals surface area contributed by atoms with E-state index in [0.29, 0.717) is 35.7 Å². The quantitative estimate of drug-likeness (QED) is 0.791. The second kappa shape index (κ2) is 7.98.